The summed E-state index contributed by atoms with van der Waals surface area (Å²) in [7, 11) is -2.30. The van der Waals surface area contributed by atoms with Crippen LogP contribution in [0.25, 0.3) is 4.91 Å². The Kier molecular flexibility index (Phi) is 6.97. The van der Waals surface area contributed by atoms with Crippen LogP contribution < -0.4 is 9.62 Å². The first-order valence-corrected chi connectivity index (χ1v) is 14.2. The van der Waals surface area contributed by atoms with Crippen molar-refractivity contribution in [2.24, 2.45) is 0 Å². The normalized spacial score (nSPS) is 22.9. The molecule has 3 aromatic rings. The van der Waals surface area contributed by atoms with Crippen molar-refractivity contribution in [2.75, 3.05) is 11.9 Å². The van der Waals surface area contributed by atoms with Gasteiger partial charge in [0.1, 0.15) is 15.8 Å². The molecule has 2 aromatic heterocycles. The number of alkyl halides is 3. The van der Waals surface area contributed by atoms with Gasteiger partial charge in [-0.3, -0.25) is 9.78 Å². The van der Waals surface area contributed by atoms with E-state index in [9.17, 15) is 31.5 Å². The van der Waals surface area contributed by atoms with Crippen molar-refractivity contribution in [3.63, 3.8) is 0 Å². The molecule has 39 heavy (non-hydrogen) atoms. The Labute approximate surface area is 226 Å². The molecular weight excluding hydrogens is 557 g/mol. The largest absolute Gasteiger partial charge is 0.480 e. The van der Waals surface area contributed by atoms with Crippen LogP contribution in [0, 0.1) is 0 Å². The molecule has 0 saturated heterocycles. The first kappa shape index (κ1) is 27.2. The average Bonchev–Trinajstić information content (AvgIpc) is 3.24. The fourth-order valence-electron chi connectivity index (χ4n) is 4.53. The minimum absolute atomic E-state index is 0.0292. The lowest BCUT2D eigenvalue weighted by Gasteiger charge is -2.21. The zero-order chi connectivity index (χ0) is 28.0. The highest BCUT2D eigenvalue weighted by Crippen LogP contribution is 2.53. The average molecular weight is 581 g/mol. The Hall–Kier alpha value is -3.36. The maximum absolute atomic E-state index is 13.2. The van der Waals surface area contributed by atoms with Gasteiger partial charge in [0, 0.05) is 48.6 Å². The van der Waals surface area contributed by atoms with Crippen molar-refractivity contribution < 1.29 is 36.0 Å². The van der Waals surface area contributed by atoms with Gasteiger partial charge in [-0.2, -0.15) is 17.9 Å². The van der Waals surface area contributed by atoms with Crippen molar-refractivity contribution >= 4 is 38.3 Å². The van der Waals surface area contributed by atoms with Crippen LogP contribution in [0.4, 0.5) is 18.9 Å². The lowest BCUT2D eigenvalue weighted by molar-refractivity contribution is -0.155. The summed E-state index contributed by atoms with van der Waals surface area (Å²) in [5.74, 6) is -3.18. The molecule has 1 fully saturated rings. The Bertz CT molecular complexity index is 1530. The molecule has 1 aromatic carbocycles. The Morgan fingerprint density at radius 3 is 2.74 bits per heavy atom. The number of nitrogens with zero attached hydrogens (tertiary/aromatic N) is 3. The molecule has 2 aliphatic rings. The van der Waals surface area contributed by atoms with Gasteiger partial charge in [-0.25, -0.2) is 8.42 Å². The Morgan fingerprint density at radius 2 is 2.08 bits per heavy atom. The standard InChI is InChI=1S/C25H23F3N4O5S2/c1-32(14-15-4-3-9-29-13-15)17-6-2-5-16(10-17)18-12-24(18,23(33)34)31-39(35,36)22-8-7-20(38-22)19-11-21(37-30-19)25(26,27)28/h2-7,9-11,13,18,22,31H,8,12,14H2,1H3,(H,33,34). The molecule has 9 nitrogen and oxygen atoms in total. The van der Waals surface area contributed by atoms with E-state index in [1.807, 2.05) is 36.2 Å². The monoisotopic (exact) mass is 580 g/mol. The van der Waals surface area contributed by atoms with E-state index in [1.165, 1.54) is 6.08 Å². The molecule has 14 heteroatoms. The minimum Gasteiger partial charge on any atom is -0.480 e. The minimum atomic E-state index is -4.72. The molecule has 0 spiro atoms. The molecule has 0 radical (unpaired) electrons. The van der Waals surface area contributed by atoms with E-state index < -0.39 is 44.0 Å². The number of nitrogens with one attached hydrogen (secondary N) is 1. The quantitative estimate of drug-likeness (QED) is 0.377. The number of sulfonamides is 1. The second-order valence-corrected chi connectivity index (χ2v) is 12.8. The lowest BCUT2D eigenvalue weighted by Crippen LogP contribution is -2.47. The second-order valence-electron chi connectivity index (χ2n) is 9.42. The Morgan fingerprint density at radius 1 is 1.28 bits per heavy atom. The third kappa shape index (κ3) is 5.54. The highest BCUT2D eigenvalue weighted by Gasteiger charge is 2.64. The number of allylic oxidation sites excluding steroid dienone is 1. The fourth-order valence-corrected chi connectivity index (χ4v) is 7.68. The molecular formula is C25H23F3N4O5S2. The maximum atomic E-state index is 13.2. The van der Waals surface area contributed by atoms with Gasteiger partial charge in [0.05, 0.1) is 0 Å². The smallest absolute Gasteiger partial charge is 0.452 e. The number of thioether (sulfide) groups is 1. The lowest BCUT2D eigenvalue weighted by atomic mass is 10.1. The number of halogens is 3. The number of hydrogen-bond acceptors (Lipinski definition) is 8. The predicted octanol–water partition coefficient (Wildman–Crippen LogP) is 4.46. The van der Waals surface area contributed by atoms with E-state index in [1.54, 1.807) is 24.5 Å². The van der Waals surface area contributed by atoms with Crippen molar-refractivity contribution in [2.45, 2.75) is 41.6 Å². The van der Waals surface area contributed by atoms with Crippen LogP contribution in [0.1, 0.15) is 41.3 Å². The van der Waals surface area contributed by atoms with Gasteiger partial charge in [0.25, 0.3) is 0 Å². The van der Waals surface area contributed by atoms with Gasteiger partial charge in [-0.05, 0) is 42.2 Å². The van der Waals surface area contributed by atoms with Gasteiger partial charge < -0.3 is 14.5 Å². The van der Waals surface area contributed by atoms with Crippen LogP contribution >= 0.6 is 11.8 Å². The van der Waals surface area contributed by atoms with Crippen molar-refractivity contribution in [3.8, 4) is 0 Å². The number of anilines is 1. The highest BCUT2D eigenvalue weighted by molar-refractivity contribution is 8.18. The van der Waals surface area contributed by atoms with Gasteiger partial charge >= 0.3 is 12.1 Å². The molecule has 3 unspecified atom stereocenters. The zero-order valence-electron chi connectivity index (χ0n) is 20.4. The third-order valence-corrected chi connectivity index (χ3v) is 10.3. The topological polar surface area (TPSA) is 126 Å². The molecule has 5 rings (SSSR count). The first-order valence-electron chi connectivity index (χ1n) is 11.8. The summed E-state index contributed by atoms with van der Waals surface area (Å²) in [4.78, 5) is 18.6. The third-order valence-electron chi connectivity index (χ3n) is 6.66. The molecule has 2 N–H and O–H groups in total. The summed E-state index contributed by atoms with van der Waals surface area (Å²) < 4.78 is 70.6. The van der Waals surface area contributed by atoms with E-state index in [-0.39, 0.29) is 23.4 Å². The number of aromatic nitrogens is 2. The number of rotatable bonds is 9. The molecule has 1 aliphatic heterocycles. The molecule has 1 saturated carbocycles. The van der Waals surface area contributed by atoms with E-state index >= 15 is 0 Å². The van der Waals surface area contributed by atoms with Crippen LogP contribution in [-0.2, 0) is 27.5 Å². The van der Waals surface area contributed by atoms with Crippen molar-refractivity contribution in [1.82, 2.24) is 14.9 Å². The fraction of sp³-hybridized carbons (Fsp3) is 0.320. The number of carboxylic acids is 1. The van der Waals surface area contributed by atoms with E-state index in [4.69, 9.17) is 0 Å². The number of aliphatic carboxylic acids is 1. The molecule has 3 heterocycles. The van der Waals surface area contributed by atoms with E-state index in [0.717, 1.165) is 23.0 Å². The second kappa shape index (κ2) is 9.99. The molecule has 3 atom stereocenters. The van der Waals surface area contributed by atoms with E-state index in [2.05, 4.69) is 19.4 Å². The predicted molar refractivity (Wildman–Crippen MR) is 138 cm³/mol. The first-order chi connectivity index (χ1) is 18.4. The highest BCUT2D eigenvalue weighted by atomic mass is 32.3. The van der Waals surface area contributed by atoms with Crippen LogP contribution in [0.2, 0.25) is 0 Å². The van der Waals surface area contributed by atoms with Crippen LogP contribution in [0.15, 0.2) is 65.5 Å². The van der Waals surface area contributed by atoms with Crippen molar-refractivity contribution in [3.05, 3.63) is 83.5 Å². The summed E-state index contributed by atoms with van der Waals surface area (Å²) in [6.07, 6.45) is 0.201. The van der Waals surface area contributed by atoms with Crippen LogP contribution in [-0.4, -0.2) is 46.8 Å². The molecule has 0 bridgehead atoms. The molecule has 0 amide bonds. The Balaban J connectivity index is 1.29. The number of hydrogen-bond donors (Lipinski definition) is 2. The van der Waals surface area contributed by atoms with Crippen molar-refractivity contribution in [1.29, 1.82) is 0 Å². The van der Waals surface area contributed by atoms with Gasteiger partial charge in [0.2, 0.25) is 15.8 Å². The van der Waals surface area contributed by atoms with Crippen LogP contribution in [0.5, 0.6) is 0 Å². The molecule has 206 valence electrons. The number of carboxylic acid groups (broad SMARTS) is 1. The number of benzene rings is 1. The van der Waals surface area contributed by atoms with Crippen LogP contribution in [0.3, 0.4) is 0 Å². The van der Waals surface area contributed by atoms with Gasteiger partial charge in [0.15, 0.2) is 0 Å². The maximum Gasteiger partial charge on any atom is 0.452 e. The number of pyridine rings is 1. The van der Waals surface area contributed by atoms with Gasteiger partial charge in [-0.15, -0.1) is 11.8 Å². The summed E-state index contributed by atoms with van der Waals surface area (Å²) >= 11 is 0.795. The summed E-state index contributed by atoms with van der Waals surface area (Å²) in [5.41, 5.74) is 0.647. The SMILES string of the molecule is CN(Cc1cccnc1)c1cccc(C2CC2(NS(=O)(=O)C2CC=C(c3cc(C(F)(F)F)on3)S2)C(=O)O)c1. The van der Waals surface area contributed by atoms with E-state index in [0.29, 0.717) is 18.2 Å². The summed E-state index contributed by atoms with van der Waals surface area (Å²) in [6, 6.07) is 11.8. The molecule has 1 aliphatic carbocycles. The zero-order valence-corrected chi connectivity index (χ0v) is 22.1. The number of carbonyl (C=O) groups is 1. The van der Waals surface area contributed by atoms with Gasteiger partial charge in [-0.1, -0.05) is 29.4 Å². The summed E-state index contributed by atoms with van der Waals surface area (Å²) in [6.45, 7) is 0.572. The summed E-state index contributed by atoms with van der Waals surface area (Å²) in [5, 5.41) is 13.4.